The molecule has 0 aliphatic carbocycles. The predicted molar refractivity (Wildman–Crippen MR) is 77.6 cm³/mol. The fourth-order valence-corrected chi connectivity index (χ4v) is 6.10. The average molecular weight is 384 g/mol. The van der Waals surface area contributed by atoms with Crippen molar-refractivity contribution in [2.75, 3.05) is 13.1 Å². The van der Waals surface area contributed by atoms with E-state index in [0.717, 1.165) is 17.4 Å². The number of β-amino-alcohol motifs (C(OH)–C–C–N with tert-alkyl or cyclic N) is 1. The lowest BCUT2D eigenvalue weighted by atomic mass is 9.97. The van der Waals surface area contributed by atoms with E-state index in [2.05, 4.69) is 15.9 Å². The van der Waals surface area contributed by atoms with Crippen LogP contribution in [0, 0.1) is 0 Å². The Hall–Kier alpha value is -0.480. The van der Waals surface area contributed by atoms with Gasteiger partial charge in [0.2, 0.25) is 10.0 Å². The van der Waals surface area contributed by atoms with Crippen molar-refractivity contribution in [3.05, 3.63) is 14.7 Å². The van der Waals surface area contributed by atoms with Gasteiger partial charge in [-0.15, -0.1) is 11.3 Å². The molecule has 1 aromatic rings. The van der Waals surface area contributed by atoms with Crippen molar-refractivity contribution in [2.24, 2.45) is 0 Å². The van der Waals surface area contributed by atoms with E-state index >= 15 is 0 Å². The zero-order valence-electron chi connectivity index (χ0n) is 10.7. The monoisotopic (exact) mass is 383 g/mol. The molecule has 2 rings (SSSR count). The Labute approximate surface area is 129 Å². The second-order valence-corrected chi connectivity index (χ2v) is 9.27. The first kappa shape index (κ1) is 15.9. The van der Waals surface area contributed by atoms with Crippen molar-refractivity contribution in [3.63, 3.8) is 0 Å². The van der Waals surface area contributed by atoms with Crippen LogP contribution in [0.5, 0.6) is 0 Å². The summed E-state index contributed by atoms with van der Waals surface area (Å²) in [5, 5.41) is 18.9. The van der Waals surface area contributed by atoms with Crippen LogP contribution >= 0.6 is 27.3 Å². The van der Waals surface area contributed by atoms with Crippen LogP contribution < -0.4 is 0 Å². The highest BCUT2D eigenvalue weighted by Crippen LogP contribution is 2.35. The van der Waals surface area contributed by atoms with Gasteiger partial charge in [-0.2, -0.15) is 4.31 Å². The summed E-state index contributed by atoms with van der Waals surface area (Å²) in [4.78, 5) is 10.8. The Kier molecular flexibility index (Phi) is 4.27. The molecule has 1 aliphatic rings. The number of carboxylic acid groups (broad SMARTS) is 1. The van der Waals surface area contributed by atoms with Gasteiger partial charge in [0.15, 0.2) is 0 Å². The molecule has 20 heavy (non-hydrogen) atoms. The number of sulfonamides is 1. The number of carboxylic acids is 1. The number of thiophene rings is 1. The van der Waals surface area contributed by atoms with E-state index < -0.39 is 21.6 Å². The van der Waals surface area contributed by atoms with Crippen LogP contribution in [0.25, 0.3) is 0 Å². The molecule has 1 unspecified atom stereocenters. The molecule has 0 radical (unpaired) electrons. The quantitative estimate of drug-likeness (QED) is 0.828. The summed E-state index contributed by atoms with van der Waals surface area (Å²) in [6.45, 7) is 1.93. The van der Waals surface area contributed by atoms with E-state index in [1.165, 1.54) is 4.31 Å². The number of hydrogen-bond donors (Lipinski definition) is 2. The third-order valence-electron chi connectivity index (χ3n) is 3.12. The number of halogens is 1. The molecular formula is C11H14BrNO5S2. The lowest BCUT2D eigenvalue weighted by Gasteiger charge is -2.35. The summed E-state index contributed by atoms with van der Waals surface area (Å²) in [5.41, 5.74) is -1.05. The zero-order valence-corrected chi connectivity index (χ0v) is 13.9. The molecule has 9 heteroatoms. The number of carbonyl (C=O) groups is 1. The van der Waals surface area contributed by atoms with Gasteiger partial charge in [0.05, 0.1) is 9.39 Å². The standard InChI is InChI=1S/C11H14BrNO5S2/c1-11(16)3-2-4-13(6-11)20(17,18)8-5-7(10(14)15)19-9(8)12/h5,16H,2-4,6H2,1H3,(H,14,15). The van der Waals surface area contributed by atoms with Gasteiger partial charge >= 0.3 is 5.97 Å². The van der Waals surface area contributed by atoms with Gasteiger partial charge in [-0.05, 0) is 41.8 Å². The van der Waals surface area contributed by atoms with E-state index in [9.17, 15) is 18.3 Å². The summed E-state index contributed by atoms with van der Waals surface area (Å²) in [6.07, 6.45) is 1.12. The van der Waals surface area contributed by atoms with Gasteiger partial charge in [-0.3, -0.25) is 0 Å². The van der Waals surface area contributed by atoms with Crippen LogP contribution in [-0.2, 0) is 10.0 Å². The summed E-state index contributed by atoms with van der Waals surface area (Å²) in [7, 11) is -3.80. The van der Waals surface area contributed by atoms with Gasteiger partial charge in [-0.25, -0.2) is 13.2 Å². The molecule has 2 heterocycles. The Morgan fingerprint density at radius 1 is 1.55 bits per heavy atom. The highest BCUT2D eigenvalue weighted by atomic mass is 79.9. The van der Waals surface area contributed by atoms with Crippen molar-refractivity contribution >= 4 is 43.3 Å². The Balaban J connectivity index is 2.37. The molecule has 1 saturated heterocycles. The van der Waals surface area contributed by atoms with E-state index in [4.69, 9.17) is 5.11 Å². The molecule has 1 aliphatic heterocycles. The molecule has 0 spiro atoms. The first-order chi connectivity index (χ1) is 9.13. The van der Waals surface area contributed by atoms with E-state index in [0.29, 0.717) is 19.4 Å². The first-order valence-electron chi connectivity index (χ1n) is 5.89. The minimum atomic E-state index is -3.80. The van der Waals surface area contributed by atoms with E-state index in [-0.39, 0.29) is 20.1 Å². The average Bonchev–Trinajstić information content (AvgIpc) is 2.71. The van der Waals surface area contributed by atoms with Crippen molar-refractivity contribution in [3.8, 4) is 0 Å². The predicted octanol–water partition coefficient (Wildman–Crippen LogP) is 1.74. The number of nitrogens with zero attached hydrogens (tertiary/aromatic N) is 1. The lowest BCUT2D eigenvalue weighted by molar-refractivity contribution is 0.00939. The third-order valence-corrected chi connectivity index (χ3v) is 7.21. The maximum atomic E-state index is 12.5. The minimum Gasteiger partial charge on any atom is -0.477 e. The third kappa shape index (κ3) is 3.06. The molecule has 1 aromatic heterocycles. The number of piperidine rings is 1. The molecule has 1 atom stereocenters. The Morgan fingerprint density at radius 3 is 2.70 bits per heavy atom. The van der Waals surface area contributed by atoms with Crippen LogP contribution in [0.3, 0.4) is 0 Å². The number of rotatable bonds is 3. The highest BCUT2D eigenvalue weighted by Gasteiger charge is 2.37. The number of hydrogen-bond acceptors (Lipinski definition) is 5. The van der Waals surface area contributed by atoms with Gasteiger partial charge in [0.1, 0.15) is 9.77 Å². The molecule has 2 N–H and O–H groups in total. The van der Waals surface area contributed by atoms with Crippen molar-refractivity contribution < 1.29 is 23.4 Å². The van der Waals surface area contributed by atoms with Crippen LogP contribution in [0.2, 0.25) is 0 Å². The number of aromatic carboxylic acids is 1. The van der Waals surface area contributed by atoms with Gasteiger partial charge in [-0.1, -0.05) is 0 Å². The Morgan fingerprint density at radius 2 is 2.20 bits per heavy atom. The molecule has 1 fully saturated rings. The molecule has 6 nitrogen and oxygen atoms in total. The highest BCUT2D eigenvalue weighted by molar-refractivity contribution is 9.11. The summed E-state index contributed by atoms with van der Waals surface area (Å²) < 4.78 is 26.5. The largest absolute Gasteiger partial charge is 0.477 e. The maximum absolute atomic E-state index is 12.5. The van der Waals surface area contributed by atoms with Gasteiger partial charge in [0, 0.05) is 13.1 Å². The maximum Gasteiger partial charge on any atom is 0.345 e. The fraction of sp³-hybridized carbons (Fsp3) is 0.545. The van der Waals surface area contributed by atoms with Crippen LogP contribution in [0.4, 0.5) is 0 Å². The van der Waals surface area contributed by atoms with Crippen LogP contribution in [-0.4, -0.2) is 47.6 Å². The van der Waals surface area contributed by atoms with E-state index in [1.54, 1.807) is 6.92 Å². The van der Waals surface area contributed by atoms with Gasteiger partial charge in [0.25, 0.3) is 0 Å². The first-order valence-corrected chi connectivity index (χ1v) is 8.94. The molecule has 112 valence electrons. The van der Waals surface area contributed by atoms with Crippen LogP contribution in [0.15, 0.2) is 14.7 Å². The van der Waals surface area contributed by atoms with Crippen molar-refractivity contribution in [1.29, 1.82) is 0 Å². The smallest absolute Gasteiger partial charge is 0.345 e. The second kappa shape index (κ2) is 5.38. The molecule has 0 aromatic carbocycles. The fourth-order valence-electron chi connectivity index (χ4n) is 2.15. The molecule has 0 bridgehead atoms. The van der Waals surface area contributed by atoms with Crippen molar-refractivity contribution in [1.82, 2.24) is 4.31 Å². The topological polar surface area (TPSA) is 94.9 Å². The lowest BCUT2D eigenvalue weighted by Crippen LogP contribution is -2.48. The van der Waals surface area contributed by atoms with Crippen molar-refractivity contribution in [2.45, 2.75) is 30.3 Å². The minimum absolute atomic E-state index is 0.0139. The zero-order chi connectivity index (χ0) is 15.1. The summed E-state index contributed by atoms with van der Waals surface area (Å²) in [6, 6.07) is 1.15. The van der Waals surface area contributed by atoms with Gasteiger partial charge < -0.3 is 10.2 Å². The molecule has 0 saturated carbocycles. The SMILES string of the molecule is CC1(O)CCCN(S(=O)(=O)c2cc(C(=O)O)sc2Br)C1. The summed E-state index contributed by atoms with van der Waals surface area (Å²) >= 11 is 3.97. The normalized spacial score (nSPS) is 24.8. The van der Waals surface area contributed by atoms with E-state index in [1.807, 2.05) is 0 Å². The van der Waals surface area contributed by atoms with Crippen LogP contribution in [0.1, 0.15) is 29.4 Å². The number of aliphatic hydroxyl groups is 1. The summed E-state index contributed by atoms with van der Waals surface area (Å²) in [5.74, 6) is -1.16. The molecule has 0 amide bonds. The second-order valence-electron chi connectivity index (χ2n) is 4.99. The molecular weight excluding hydrogens is 370 g/mol. The Bertz CT molecular complexity index is 637.